The number of aromatic nitrogens is 2. The van der Waals surface area contributed by atoms with E-state index in [1.165, 1.54) is 13.2 Å². The summed E-state index contributed by atoms with van der Waals surface area (Å²) in [5, 5.41) is 18.2. The number of carbonyl (C=O) groups is 4. The zero-order chi connectivity index (χ0) is 29.6. The first-order valence-electron chi connectivity index (χ1n) is 13.2. The number of carboxylic acids is 1. The fourth-order valence-corrected chi connectivity index (χ4v) is 4.96. The predicted octanol–water partition coefficient (Wildman–Crippen LogP) is 4.10. The molecule has 4 aromatic rings. The number of nitrogens with one attached hydrogen (secondary N) is 2. The highest BCUT2D eigenvalue weighted by Crippen LogP contribution is 2.44. The normalized spacial score (nSPS) is 12.5. The molecule has 0 fully saturated rings. The number of nitrogens with zero attached hydrogens (tertiary/aromatic N) is 2. The number of amides is 2. The van der Waals surface area contributed by atoms with E-state index in [0.717, 1.165) is 32.5 Å². The molecule has 1 heterocycles. The van der Waals surface area contributed by atoms with Gasteiger partial charge in [0.25, 0.3) is 0 Å². The Balaban J connectivity index is 1.28. The minimum absolute atomic E-state index is 0.00157. The highest BCUT2D eigenvalue weighted by Gasteiger charge is 2.31. The van der Waals surface area contributed by atoms with Crippen LogP contribution in [0, 0.1) is 0 Å². The fourth-order valence-electron chi connectivity index (χ4n) is 4.96. The lowest BCUT2D eigenvalue weighted by molar-refractivity contribution is -0.146. The van der Waals surface area contributed by atoms with Crippen LogP contribution in [0.4, 0.5) is 10.5 Å². The van der Waals surface area contributed by atoms with Crippen LogP contribution in [-0.2, 0) is 32.7 Å². The highest BCUT2D eigenvalue weighted by molar-refractivity contribution is 6.03. The number of aryl methyl sites for hydroxylation is 1. The maximum atomic E-state index is 13.2. The van der Waals surface area contributed by atoms with Crippen LogP contribution < -0.4 is 10.6 Å². The Morgan fingerprint density at radius 2 is 1.52 bits per heavy atom. The van der Waals surface area contributed by atoms with Crippen LogP contribution in [0.15, 0.2) is 85.1 Å². The first kappa shape index (κ1) is 28.1. The van der Waals surface area contributed by atoms with Crippen molar-refractivity contribution in [3.05, 3.63) is 107 Å². The van der Waals surface area contributed by atoms with Gasteiger partial charge in [0.15, 0.2) is 5.69 Å². The number of ether oxygens (including phenoxy) is 2. The molecule has 1 aromatic heterocycles. The van der Waals surface area contributed by atoms with E-state index in [9.17, 15) is 24.3 Å². The first-order chi connectivity index (χ1) is 20.3. The molecule has 0 unspecified atom stereocenters. The SMILES string of the molecule is Cn1ncc(NC(=O)[C@H](CC(=O)OCc2ccccc2)NC(=O)OCC2c3ccccc3-c3ccccc32)c1C(=O)O. The van der Waals surface area contributed by atoms with Crippen molar-refractivity contribution in [2.75, 3.05) is 11.9 Å². The molecule has 11 heteroatoms. The van der Waals surface area contributed by atoms with Crippen molar-refractivity contribution in [2.45, 2.75) is 25.0 Å². The van der Waals surface area contributed by atoms with E-state index >= 15 is 0 Å². The molecule has 42 heavy (non-hydrogen) atoms. The Kier molecular flexibility index (Phi) is 8.28. The Morgan fingerprint density at radius 1 is 0.905 bits per heavy atom. The summed E-state index contributed by atoms with van der Waals surface area (Å²) in [4.78, 5) is 50.5. The van der Waals surface area contributed by atoms with Crippen molar-refractivity contribution in [1.29, 1.82) is 0 Å². The Hall–Kier alpha value is -5.45. The molecule has 0 saturated heterocycles. The van der Waals surface area contributed by atoms with E-state index in [1.54, 1.807) is 24.3 Å². The molecule has 5 rings (SSSR count). The molecule has 1 atom stereocenters. The van der Waals surface area contributed by atoms with Gasteiger partial charge >= 0.3 is 18.0 Å². The van der Waals surface area contributed by atoms with Crippen LogP contribution in [0.5, 0.6) is 0 Å². The summed E-state index contributed by atoms with van der Waals surface area (Å²) in [6.07, 6.45) is -0.275. The molecule has 0 radical (unpaired) electrons. The van der Waals surface area contributed by atoms with E-state index in [2.05, 4.69) is 15.7 Å². The van der Waals surface area contributed by atoms with E-state index in [0.29, 0.717) is 0 Å². The monoisotopic (exact) mass is 568 g/mol. The molecule has 3 N–H and O–H groups in total. The smallest absolute Gasteiger partial charge is 0.407 e. The number of fused-ring (bicyclic) bond motifs is 3. The second-order valence-electron chi connectivity index (χ2n) is 9.70. The lowest BCUT2D eigenvalue weighted by Crippen LogP contribution is -2.45. The molecular weight excluding hydrogens is 540 g/mol. The molecule has 0 bridgehead atoms. The molecule has 0 aliphatic heterocycles. The van der Waals surface area contributed by atoms with E-state index in [-0.39, 0.29) is 30.5 Å². The van der Waals surface area contributed by atoms with Gasteiger partial charge in [-0.3, -0.25) is 14.3 Å². The number of carboxylic acid groups (broad SMARTS) is 1. The number of anilines is 1. The standard InChI is InChI=1S/C31H28N4O7/c1-35-28(30(38)39)26(16-32-35)33-29(37)25(15-27(36)41-17-19-9-3-2-4-10-19)34-31(40)42-18-24-22-13-7-5-11-20(22)21-12-6-8-14-23(21)24/h2-14,16,24-25H,15,17-18H2,1H3,(H,33,37)(H,34,40)(H,38,39)/t25-/m0/s1. The maximum absolute atomic E-state index is 13.2. The number of aromatic carboxylic acids is 1. The number of rotatable bonds is 10. The van der Waals surface area contributed by atoms with Crippen LogP contribution in [0.3, 0.4) is 0 Å². The van der Waals surface area contributed by atoms with Gasteiger partial charge in [0.05, 0.1) is 18.3 Å². The Morgan fingerprint density at radius 3 is 2.17 bits per heavy atom. The number of hydrogen-bond acceptors (Lipinski definition) is 7. The Labute approximate surface area is 241 Å². The minimum Gasteiger partial charge on any atom is -0.476 e. The molecule has 3 aromatic carbocycles. The third kappa shape index (κ3) is 6.15. The number of carbonyl (C=O) groups excluding carboxylic acids is 3. The predicted molar refractivity (Wildman–Crippen MR) is 152 cm³/mol. The zero-order valence-corrected chi connectivity index (χ0v) is 22.7. The summed E-state index contributed by atoms with van der Waals surface area (Å²) in [5.74, 6) is -3.10. The lowest BCUT2D eigenvalue weighted by atomic mass is 9.98. The van der Waals surface area contributed by atoms with Crippen molar-refractivity contribution in [3.63, 3.8) is 0 Å². The molecule has 0 spiro atoms. The largest absolute Gasteiger partial charge is 0.476 e. The van der Waals surface area contributed by atoms with E-state index in [1.807, 2.05) is 54.6 Å². The summed E-state index contributed by atoms with van der Waals surface area (Å²) >= 11 is 0. The number of benzene rings is 3. The second kappa shape index (κ2) is 12.4. The summed E-state index contributed by atoms with van der Waals surface area (Å²) in [5.41, 5.74) is 4.54. The minimum atomic E-state index is -1.43. The van der Waals surface area contributed by atoms with Crippen LogP contribution in [0.2, 0.25) is 0 Å². The van der Waals surface area contributed by atoms with Gasteiger partial charge in [-0.25, -0.2) is 9.59 Å². The molecule has 2 amide bonds. The molecule has 11 nitrogen and oxygen atoms in total. The van der Waals surface area contributed by atoms with Crippen LogP contribution >= 0.6 is 0 Å². The number of esters is 1. The summed E-state index contributed by atoms with van der Waals surface area (Å²) in [6.45, 7) is -0.0247. The van der Waals surface area contributed by atoms with Crippen molar-refractivity contribution < 1.29 is 33.8 Å². The van der Waals surface area contributed by atoms with Crippen molar-refractivity contribution >= 4 is 29.6 Å². The van der Waals surface area contributed by atoms with E-state index in [4.69, 9.17) is 9.47 Å². The van der Waals surface area contributed by atoms with Gasteiger partial charge in [-0.15, -0.1) is 0 Å². The van der Waals surface area contributed by atoms with Crippen LogP contribution in [0.1, 0.15) is 39.5 Å². The number of alkyl carbamates (subject to hydrolysis) is 1. The summed E-state index contributed by atoms with van der Waals surface area (Å²) in [6, 6.07) is 23.3. The van der Waals surface area contributed by atoms with Gasteiger partial charge in [-0.1, -0.05) is 78.9 Å². The van der Waals surface area contributed by atoms with Crippen LogP contribution in [-0.4, -0.2) is 51.5 Å². The third-order valence-corrected chi connectivity index (χ3v) is 6.96. The molecule has 0 saturated carbocycles. The average molecular weight is 569 g/mol. The zero-order valence-electron chi connectivity index (χ0n) is 22.7. The van der Waals surface area contributed by atoms with Crippen molar-refractivity contribution in [2.24, 2.45) is 7.05 Å². The van der Waals surface area contributed by atoms with Crippen LogP contribution in [0.25, 0.3) is 11.1 Å². The number of hydrogen-bond donors (Lipinski definition) is 3. The molecule has 1 aliphatic carbocycles. The lowest BCUT2D eigenvalue weighted by Gasteiger charge is -2.19. The fraction of sp³-hybridized carbons (Fsp3) is 0.194. The molecule has 214 valence electrons. The van der Waals surface area contributed by atoms with Gasteiger partial charge in [0.2, 0.25) is 5.91 Å². The van der Waals surface area contributed by atoms with Gasteiger partial charge in [-0.2, -0.15) is 5.10 Å². The molecular formula is C31H28N4O7. The van der Waals surface area contributed by atoms with Gasteiger partial charge in [0, 0.05) is 13.0 Å². The highest BCUT2D eigenvalue weighted by atomic mass is 16.5. The average Bonchev–Trinajstić information content (AvgIpc) is 3.52. The summed E-state index contributed by atoms with van der Waals surface area (Å²) < 4.78 is 11.9. The topological polar surface area (TPSA) is 149 Å². The summed E-state index contributed by atoms with van der Waals surface area (Å²) in [7, 11) is 1.41. The van der Waals surface area contributed by atoms with Crippen molar-refractivity contribution in [3.8, 4) is 11.1 Å². The van der Waals surface area contributed by atoms with Gasteiger partial charge in [-0.05, 0) is 27.8 Å². The van der Waals surface area contributed by atoms with Crippen molar-refractivity contribution in [1.82, 2.24) is 15.1 Å². The first-order valence-corrected chi connectivity index (χ1v) is 13.2. The quantitative estimate of drug-likeness (QED) is 0.242. The Bertz CT molecular complexity index is 1590. The third-order valence-electron chi connectivity index (χ3n) is 6.96. The maximum Gasteiger partial charge on any atom is 0.407 e. The van der Waals surface area contributed by atoms with Gasteiger partial charge in [0.1, 0.15) is 19.3 Å². The van der Waals surface area contributed by atoms with Gasteiger partial charge < -0.3 is 25.2 Å². The second-order valence-corrected chi connectivity index (χ2v) is 9.70. The molecule has 1 aliphatic rings. The van der Waals surface area contributed by atoms with E-state index < -0.39 is 36.4 Å².